The summed E-state index contributed by atoms with van der Waals surface area (Å²) in [5.41, 5.74) is 2.90. The molecule has 0 aliphatic heterocycles. The third-order valence-corrected chi connectivity index (χ3v) is 5.68. The minimum Gasteiger partial charge on any atom is -0.484 e. The van der Waals surface area contributed by atoms with Crippen LogP contribution in [-0.4, -0.2) is 28.6 Å². The Bertz CT molecular complexity index is 1120. The summed E-state index contributed by atoms with van der Waals surface area (Å²) in [7, 11) is 0. The molecule has 1 amide bonds. The van der Waals surface area contributed by atoms with Gasteiger partial charge in [-0.25, -0.2) is 0 Å². The average Bonchev–Trinajstić information content (AvgIpc) is 3.59. The molecule has 0 atom stereocenters. The van der Waals surface area contributed by atoms with E-state index in [1.807, 2.05) is 41.0 Å². The Morgan fingerprint density at radius 1 is 1.23 bits per heavy atom. The van der Waals surface area contributed by atoms with Gasteiger partial charge < -0.3 is 14.6 Å². The van der Waals surface area contributed by atoms with Crippen LogP contribution in [0.5, 0.6) is 5.75 Å². The van der Waals surface area contributed by atoms with E-state index in [0.29, 0.717) is 24.6 Å². The van der Waals surface area contributed by atoms with Crippen molar-refractivity contribution in [2.24, 2.45) is 5.92 Å². The van der Waals surface area contributed by atoms with Crippen molar-refractivity contribution in [3.05, 3.63) is 70.3 Å². The fourth-order valence-corrected chi connectivity index (χ4v) is 3.78. The summed E-state index contributed by atoms with van der Waals surface area (Å²) in [5, 5.41) is 3.93. The number of benzene rings is 1. The number of aromatic nitrogens is 2. The molecule has 1 saturated carbocycles. The molecule has 31 heavy (non-hydrogen) atoms. The summed E-state index contributed by atoms with van der Waals surface area (Å²) in [6.07, 6.45) is 4.77. The topological polar surface area (TPSA) is 73.2 Å². The zero-order valence-electron chi connectivity index (χ0n) is 18.1. The van der Waals surface area contributed by atoms with E-state index < -0.39 is 0 Å². The number of pyridine rings is 2. The van der Waals surface area contributed by atoms with E-state index in [2.05, 4.69) is 24.1 Å². The van der Waals surface area contributed by atoms with E-state index >= 15 is 0 Å². The van der Waals surface area contributed by atoms with Crippen LogP contribution in [0.25, 0.3) is 10.9 Å². The van der Waals surface area contributed by atoms with Gasteiger partial charge in [-0.3, -0.25) is 14.6 Å². The highest BCUT2D eigenvalue weighted by molar-refractivity contribution is 5.84. The fraction of sp³-hybridized carbons (Fsp3) is 0.400. The zero-order valence-corrected chi connectivity index (χ0v) is 18.1. The van der Waals surface area contributed by atoms with Crippen molar-refractivity contribution in [1.82, 2.24) is 14.9 Å². The summed E-state index contributed by atoms with van der Waals surface area (Å²) in [4.78, 5) is 29.2. The van der Waals surface area contributed by atoms with Gasteiger partial charge >= 0.3 is 0 Å². The average molecular weight is 420 g/mol. The molecular weight excluding hydrogens is 390 g/mol. The summed E-state index contributed by atoms with van der Waals surface area (Å²) >= 11 is 0. The van der Waals surface area contributed by atoms with Crippen LogP contribution in [0.1, 0.15) is 43.9 Å². The molecule has 162 valence electrons. The standard InChI is InChI=1S/C25H29N3O3/c1-17(2)22-14-25(30)28(15-18-6-7-18)23-13-20(8-9-21(22)23)31-16-24(29)27-12-10-19-5-3-4-11-26-19/h3-5,8-9,11,13-14,17-18H,6-7,10,12,15-16H2,1-2H3,(H,27,29). The SMILES string of the molecule is CC(C)c1cc(=O)n(CC2CC2)c2cc(OCC(=O)NCCc3ccccn3)ccc12. The minimum atomic E-state index is -0.178. The Labute approximate surface area is 182 Å². The van der Waals surface area contributed by atoms with Gasteiger partial charge in [0.25, 0.3) is 11.5 Å². The Morgan fingerprint density at radius 3 is 2.77 bits per heavy atom. The predicted molar refractivity (Wildman–Crippen MR) is 121 cm³/mol. The second kappa shape index (κ2) is 9.33. The van der Waals surface area contributed by atoms with E-state index in [0.717, 1.165) is 28.7 Å². The number of rotatable bonds is 9. The van der Waals surface area contributed by atoms with Crippen LogP contribution in [0.15, 0.2) is 53.5 Å². The highest BCUT2D eigenvalue weighted by Crippen LogP contribution is 2.33. The molecule has 4 rings (SSSR count). The molecule has 0 bridgehead atoms. The molecule has 3 aromatic rings. The molecule has 1 fully saturated rings. The van der Waals surface area contributed by atoms with Crippen molar-refractivity contribution in [2.45, 2.75) is 45.6 Å². The largest absolute Gasteiger partial charge is 0.484 e. The summed E-state index contributed by atoms with van der Waals surface area (Å²) in [5.74, 6) is 1.25. The number of fused-ring (bicyclic) bond motifs is 1. The quantitative estimate of drug-likeness (QED) is 0.574. The number of hydrogen-bond donors (Lipinski definition) is 1. The van der Waals surface area contributed by atoms with Gasteiger partial charge in [0.15, 0.2) is 6.61 Å². The van der Waals surface area contributed by atoms with Crippen LogP contribution in [0.3, 0.4) is 0 Å². The first kappa shape index (κ1) is 21.1. The number of carbonyl (C=O) groups is 1. The van der Waals surface area contributed by atoms with Crippen molar-refractivity contribution in [1.29, 1.82) is 0 Å². The highest BCUT2D eigenvalue weighted by atomic mass is 16.5. The maximum Gasteiger partial charge on any atom is 0.257 e. The Kier molecular flexibility index (Phi) is 6.35. The van der Waals surface area contributed by atoms with Gasteiger partial charge in [0.1, 0.15) is 5.75 Å². The first-order chi connectivity index (χ1) is 15.0. The zero-order chi connectivity index (χ0) is 21.8. The molecule has 0 unspecified atom stereocenters. The molecule has 2 aromatic heterocycles. The molecule has 1 N–H and O–H groups in total. The van der Waals surface area contributed by atoms with Crippen molar-refractivity contribution in [2.75, 3.05) is 13.2 Å². The van der Waals surface area contributed by atoms with Crippen molar-refractivity contribution >= 4 is 16.8 Å². The lowest BCUT2D eigenvalue weighted by Crippen LogP contribution is -2.30. The van der Waals surface area contributed by atoms with Gasteiger partial charge in [-0.15, -0.1) is 0 Å². The molecule has 1 aliphatic rings. The minimum absolute atomic E-state index is 0.0347. The van der Waals surface area contributed by atoms with Gasteiger partial charge in [0.05, 0.1) is 5.52 Å². The number of ether oxygens (including phenoxy) is 1. The smallest absolute Gasteiger partial charge is 0.257 e. The van der Waals surface area contributed by atoms with Crippen molar-refractivity contribution < 1.29 is 9.53 Å². The summed E-state index contributed by atoms with van der Waals surface area (Å²) in [6, 6.07) is 13.3. The summed E-state index contributed by atoms with van der Waals surface area (Å²) in [6.45, 7) is 5.38. The molecule has 1 aromatic carbocycles. The number of amides is 1. The van der Waals surface area contributed by atoms with Gasteiger partial charge in [0.2, 0.25) is 0 Å². The van der Waals surface area contributed by atoms with Gasteiger partial charge in [-0.1, -0.05) is 19.9 Å². The van der Waals surface area contributed by atoms with E-state index in [1.54, 1.807) is 12.3 Å². The second-order valence-corrected chi connectivity index (χ2v) is 8.54. The van der Waals surface area contributed by atoms with E-state index in [4.69, 9.17) is 4.74 Å². The van der Waals surface area contributed by atoms with Crippen LogP contribution in [0.4, 0.5) is 0 Å². The number of nitrogens with one attached hydrogen (secondary N) is 1. The van der Waals surface area contributed by atoms with Crippen LogP contribution < -0.4 is 15.6 Å². The van der Waals surface area contributed by atoms with E-state index in [1.165, 1.54) is 12.8 Å². The Morgan fingerprint density at radius 2 is 2.06 bits per heavy atom. The molecule has 2 heterocycles. The Balaban J connectivity index is 1.45. The molecule has 0 saturated heterocycles. The molecule has 6 heteroatoms. The molecular formula is C25H29N3O3. The first-order valence-corrected chi connectivity index (χ1v) is 11.0. The van der Waals surface area contributed by atoms with E-state index in [9.17, 15) is 9.59 Å². The van der Waals surface area contributed by atoms with Crippen LogP contribution >= 0.6 is 0 Å². The predicted octanol–water partition coefficient (Wildman–Crippen LogP) is 3.67. The van der Waals surface area contributed by atoms with Crippen molar-refractivity contribution in [3.63, 3.8) is 0 Å². The molecule has 6 nitrogen and oxygen atoms in total. The molecule has 1 aliphatic carbocycles. The fourth-order valence-electron chi connectivity index (χ4n) is 3.78. The third-order valence-electron chi connectivity index (χ3n) is 5.68. The molecule has 0 spiro atoms. The lowest BCUT2D eigenvalue weighted by molar-refractivity contribution is -0.123. The first-order valence-electron chi connectivity index (χ1n) is 11.0. The normalized spacial score (nSPS) is 13.5. The van der Waals surface area contributed by atoms with Crippen LogP contribution in [0, 0.1) is 5.92 Å². The van der Waals surface area contributed by atoms with Gasteiger partial charge in [0, 0.05) is 48.9 Å². The lowest BCUT2D eigenvalue weighted by Gasteiger charge is -2.16. The van der Waals surface area contributed by atoms with Gasteiger partial charge in [-0.2, -0.15) is 0 Å². The maximum atomic E-state index is 12.8. The van der Waals surface area contributed by atoms with Gasteiger partial charge in [-0.05, 0) is 54.5 Å². The number of hydrogen-bond acceptors (Lipinski definition) is 4. The Hall–Kier alpha value is -3.15. The molecule has 0 radical (unpaired) electrons. The van der Waals surface area contributed by atoms with E-state index in [-0.39, 0.29) is 24.0 Å². The lowest BCUT2D eigenvalue weighted by atomic mass is 9.98. The summed E-state index contributed by atoms with van der Waals surface area (Å²) < 4.78 is 7.61. The number of carbonyl (C=O) groups excluding carboxylic acids is 1. The second-order valence-electron chi connectivity index (χ2n) is 8.54. The number of nitrogens with zero attached hydrogens (tertiary/aromatic N) is 2. The van der Waals surface area contributed by atoms with Crippen LogP contribution in [-0.2, 0) is 17.8 Å². The maximum absolute atomic E-state index is 12.8. The third kappa shape index (κ3) is 5.32. The van der Waals surface area contributed by atoms with Crippen LogP contribution in [0.2, 0.25) is 0 Å². The van der Waals surface area contributed by atoms with Crippen molar-refractivity contribution in [3.8, 4) is 5.75 Å². The monoisotopic (exact) mass is 419 g/mol. The highest BCUT2D eigenvalue weighted by Gasteiger charge is 2.23.